The van der Waals surface area contributed by atoms with Crippen LogP contribution in [0.2, 0.25) is 0 Å². The first-order chi connectivity index (χ1) is 40.6. The first-order valence-electron chi connectivity index (χ1n) is 25.8. The highest BCUT2D eigenvalue weighted by Gasteiger charge is 2.39. The van der Waals surface area contributed by atoms with Gasteiger partial charge in [0, 0.05) is 44.2 Å². The van der Waals surface area contributed by atoms with E-state index in [1.165, 1.54) is 53.1 Å². The smallest absolute Gasteiger partial charge is 0.308 e. The summed E-state index contributed by atoms with van der Waals surface area (Å²) >= 11 is 0. The molecule has 418 valence electrons. The molecule has 12 aromatic rings. The van der Waals surface area contributed by atoms with E-state index in [1.807, 2.05) is 0 Å². The van der Waals surface area contributed by atoms with Crippen LogP contribution in [0.5, 0.6) is 0 Å². The minimum atomic E-state index is -5.24. The summed E-state index contributed by atoms with van der Waals surface area (Å²) in [5.41, 5.74) is -3.50. The van der Waals surface area contributed by atoms with Crippen molar-refractivity contribution in [3.63, 3.8) is 0 Å². The van der Waals surface area contributed by atoms with Gasteiger partial charge < -0.3 is 4.57 Å². The molecule has 0 amide bonds. The molecule has 6 nitrogen and oxygen atoms in total. The zero-order valence-electron chi connectivity index (χ0n) is 43.5. The highest BCUT2D eigenvalue weighted by molar-refractivity contribution is 6.12. The number of fused-ring (bicyclic) bond motifs is 3. The second-order valence-electron chi connectivity index (χ2n) is 19.8. The molecular formula is C67H36F12N6. The van der Waals surface area contributed by atoms with Crippen molar-refractivity contribution < 1.29 is 52.7 Å². The summed E-state index contributed by atoms with van der Waals surface area (Å²) in [6.07, 6.45) is -21.0. The SMILES string of the molecule is N#Cc1cc(-c2nc(-c3ccccc3)cc(-c3ccccc3)n2)c(-n2c3cc(-c4cc(C(F)(F)F)cc(C(F)(F)F)c4)ccc3c3ccc(-c4cc(C(F)(F)F)cc(C(F)(F)F)c4)cc32)c(-c2nc(-c3ccccc3)cc(-c3ccccc3)n2)c1. The summed E-state index contributed by atoms with van der Waals surface area (Å²) in [5, 5.41) is 11.6. The van der Waals surface area contributed by atoms with E-state index in [0.29, 0.717) is 69.3 Å². The van der Waals surface area contributed by atoms with Gasteiger partial charge in [-0.2, -0.15) is 57.9 Å². The van der Waals surface area contributed by atoms with Crippen molar-refractivity contribution in [1.82, 2.24) is 24.5 Å². The molecule has 0 bridgehead atoms. The fraction of sp³-hybridized carbons (Fsp3) is 0.0597. The van der Waals surface area contributed by atoms with E-state index in [4.69, 9.17) is 19.9 Å². The molecule has 0 aliphatic rings. The molecule has 0 fully saturated rings. The summed E-state index contributed by atoms with van der Waals surface area (Å²) in [6.45, 7) is 0. The molecule has 0 aliphatic heterocycles. The monoisotopic (exact) mass is 1150 g/mol. The Kier molecular flexibility index (Phi) is 13.7. The number of nitrogens with zero attached hydrogens (tertiary/aromatic N) is 6. The van der Waals surface area contributed by atoms with Crippen LogP contribution in [0.1, 0.15) is 27.8 Å². The lowest BCUT2D eigenvalue weighted by Crippen LogP contribution is -2.11. The second kappa shape index (κ2) is 21.1. The van der Waals surface area contributed by atoms with Gasteiger partial charge in [-0.25, -0.2) is 19.9 Å². The quantitative estimate of drug-likeness (QED) is 0.135. The van der Waals surface area contributed by atoms with Crippen molar-refractivity contribution in [3.05, 3.63) is 246 Å². The molecule has 12 rings (SSSR count). The zero-order chi connectivity index (χ0) is 59.6. The third kappa shape index (κ3) is 11.0. The van der Waals surface area contributed by atoms with Gasteiger partial charge in [0.25, 0.3) is 0 Å². The van der Waals surface area contributed by atoms with E-state index in [0.717, 1.165) is 0 Å². The number of rotatable bonds is 9. The molecule has 3 heterocycles. The summed E-state index contributed by atoms with van der Waals surface area (Å²) in [6, 6.07) is 55.0. The second-order valence-corrected chi connectivity index (χ2v) is 19.8. The van der Waals surface area contributed by atoms with E-state index >= 15 is 0 Å². The average molecular weight is 1150 g/mol. The largest absolute Gasteiger partial charge is 0.416 e. The summed E-state index contributed by atoms with van der Waals surface area (Å²) in [5.74, 6) is -0.0856. The predicted molar refractivity (Wildman–Crippen MR) is 300 cm³/mol. The molecule has 3 aromatic heterocycles. The predicted octanol–water partition coefficient (Wildman–Crippen LogP) is 19.6. The molecule has 0 N–H and O–H groups in total. The minimum Gasteiger partial charge on any atom is -0.308 e. The average Bonchev–Trinajstić information content (AvgIpc) is 1.71. The molecule has 0 atom stereocenters. The van der Waals surface area contributed by atoms with Gasteiger partial charge in [-0.3, -0.25) is 0 Å². The van der Waals surface area contributed by atoms with Crippen molar-refractivity contribution in [2.75, 3.05) is 0 Å². The van der Waals surface area contributed by atoms with Crippen LogP contribution in [0, 0.1) is 11.3 Å². The van der Waals surface area contributed by atoms with Gasteiger partial charge in [-0.05, 0) is 95.1 Å². The number of aromatic nitrogens is 5. The van der Waals surface area contributed by atoms with Crippen LogP contribution in [-0.2, 0) is 24.7 Å². The first-order valence-corrected chi connectivity index (χ1v) is 25.8. The molecule has 0 radical (unpaired) electrons. The number of hydrogen-bond acceptors (Lipinski definition) is 5. The minimum absolute atomic E-state index is 0.00559. The van der Waals surface area contributed by atoms with Gasteiger partial charge in [0.15, 0.2) is 11.6 Å². The van der Waals surface area contributed by atoms with Crippen molar-refractivity contribution in [2.24, 2.45) is 0 Å². The Morgan fingerprint density at radius 2 is 0.600 bits per heavy atom. The molecule has 0 saturated heterocycles. The number of benzene rings is 9. The molecule has 0 unspecified atom stereocenters. The van der Waals surface area contributed by atoms with E-state index < -0.39 is 58.1 Å². The van der Waals surface area contributed by atoms with E-state index in [1.54, 1.807) is 133 Å². The number of nitriles is 1. The Bertz CT molecular complexity index is 4130. The molecule has 0 saturated carbocycles. The van der Waals surface area contributed by atoms with Crippen molar-refractivity contribution in [3.8, 4) is 102 Å². The Morgan fingerprint density at radius 3 is 0.871 bits per heavy atom. The van der Waals surface area contributed by atoms with Gasteiger partial charge in [-0.1, -0.05) is 146 Å². The van der Waals surface area contributed by atoms with Gasteiger partial charge in [0.05, 0.1) is 73.4 Å². The van der Waals surface area contributed by atoms with Gasteiger partial charge >= 0.3 is 24.7 Å². The summed E-state index contributed by atoms with van der Waals surface area (Å²) in [7, 11) is 0. The first kappa shape index (κ1) is 55.1. The number of halogens is 12. The fourth-order valence-corrected chi connectivity index (χ4v) is 10.3. The van der Waals surface area contributed by atoms with Crippen molar-refractivity contribution in [2.45, 2.75) is 24.7 Å². The zero-order valence-corrected chi connectivity index (χ0v) is 43.5. The summed E-state index contributed by atoms with van der Waals surface area (Å²) < 4.78 is 176. The van der Waals surface area contributed by atoms with Crippen LogP contribution in [0.25, 0.3) is 118 Å². The lowest BCUT2D eigenvalue weighted by molar-refractivity contribution is -0.144. The van der Waals surface area contributed by atoms with Crippen LogP contribution < -0.4 is 0 Å². The Morgan fingerprint density at radius 1 is 0.306 bits per heavy atom. The standard InChI is InChI=1S/C67H36F12N6/c68-64(69,70)47-27-45(28-48(33-47)65(71,72)73)43-21-23-51-52-24-22-44(46-29-49(66(74,75)76)34-50(30-46)67(77,78)79)32-60(52)85(59(51)31-43)61-53(62-81-55(39-13-5-1-6-14-39)35-56(82-62)40-15-7-2-8-16-40)25-38(37-80)26-54(61)63-83-57(41-17-9-3-10-18-41)36-58(84-63)42-19-11-4-12-20-42/h1-36H. The lowest BCUT2D eigenvalue weighted by Gasteiger charge is -2.20. The van der Waals surface area contributed by atoms with Crippen LogP contribution >= 0.6 is 0 Å². The highest BCUT2D eigenvalue weighted by Crippen LogP contribution is 2.47. The maximum atomic E-state index is 14.6. The van der Waals surface area contributed by atoms with Crippen molar-refractivity contribution in [1.29, 1.82) is 5.26 Å². The normalized spacial score (nSPS) is 12.2. The maximum Gasteiger partial charge on any atom is 0.416 e. The molecule has 18 heteroatoms. The Hall–Kier alpha value is -10.4. The van der Waals surface area contributed by atoms with Crippen LogP contribution in [0.15, 0.2) is 218 Å². The van der Waals surface area contributed by atoms with E-state index in [9.17, 15) is 57.9 Å². The molecular weight excluding hydrogens is 1120 g/mol. The van der Waals surface area contributed by atoms with Crippen molar-refractivity contribution >= 4 is 21.8 Å². The van der Waals surface area contributed by atoms with Crippen LogP contribution in [-0.4, -0.2) is 24.5 Å². The number of hydrogen-bond donors (Lipinski definition) is 0. The van der Waals surface area contributed by atoms with Crippen LogP contribution in [0.4, 0.5) is 52.7 Å². The maximum absolute atomic E-state index is 14.6. The highest BCUT2D eigenvalue weighted by atomic mass is 19.4. The molecule has 0 spiro atoms. The van der Waals surface area contributed by atoms with Gasteiger partial charge in [0.2, 0.25) is 0 Å². The summed E-state index contributed by atoms with van der Waals surface area (Å²) in [4.78, 5) is 20.5. The number of alkyl halides is 12. The topological polar surface area (TPSA) is 80.3 Å². The molecule has 9 aromatic carbocycles. The Balaban J connectivity index is 1.27. The van der Waals surface area contributed by atoms with E-state index in [-0.39, 0.29) is 79.1 Å². The van der Waals surface area contributed by atoms with Gasteiger partial charge in [0.1, 0.15) is 0 Å². The third-order valence-corrected chi connectivity index (χ3v) is 14.3. The molecule has 0 aliphatic carbocycles. The third-order valence-electron chi connectivity index (χ3n) is 14.3. The van der Waals surface area contributed by atoms with E-state index in [2.05, 4.69) is 6.07 Å². The fourth-order valence-electron chi connectivity index (χ4n) is 10.3. The van der Waals surface area contributed by atoms with Crippen LogP contribution in [0.3, 0.4) is 0 Å². The Labute approximate surface area is 475 Å². The van der Waals surface area contributed by atoms with Gasteiger partial charge in [-0.15, -0.1) is 0 Å². The molecule has 85 heavy (non-hydrogen) atoms. The lowest BCUT2D eigenvalue weighted by atomic mass is 9.97.